The molecule has 0 radical (unpaired) electrons. The Hall–Kier alpha value is -1.62. The van der Waals surface area contributed by atoms with E-state index < -0.39 is 0 Å². The summed E-state index contributed by atoms with van der Waals surface area (Å²) in [7, 11) is 1.73. The fourth-order valence-corrected chi connectivity index (χ4v) is 3.35. The second-order valence-corrected chi connectivity index (χ2v) is 9.31. The topological polar surface area (TPSA) is 37.6 Å². The van der Waals surface area contributed by atoms with E-state index >= 15 is 0 Å². The number of aromatic nitrogens is 1. The van der Waals surface area contributed by atoms with Gasteiger partial charge in [0.05, 0.1) is 6.61 Å². The lowest BCUT2D eigenvalue weighted by molar-refractivity contribution is 0.0415. The maximum atomic E-state index is 9.87. The zero-order chi connectivity index (χ0) is 20.8. The molecule has 0 unspecified atom stereocenters. The molecular weight excluding hydrogens is 348 g/mol. The molecule has 4 heteroatoms. The van der Waals surface area contributed by atoms with Crippen LogP contribution >= 0.6 is 0 Å². The lowest BCUT2D eigenvalue weighted by Crippen LogP contribution is -2.47. The van der Waals surface area contributed by atoms with Crippen molar-refractivity contribution >= 4 is 0 Å². The zero-order valence-corrected chi connectivity index (χ0v) is 18.5. The van der Waals surface area contributed by atoms with Crippen LogP contribution in [0.25, 0.3) is 0 Å². The minimum Gasteiger partial charge on any atom is -0.394 e. The van der Waals surface area contributed by atoms with Crippen LogP contribution in [-0.4, -0.2) is 47.0 Å². The molecule has 2 rings (SSSR count). The summed E-state index contributed by atoms with van der Waals surface area (Å²) >= 11 is 0. The predicted octanol–water partition coefficient (Wildman–Crippen LogP) is 4.44. The smallest absolute Gasteiger partial charge is 0.0610 e. The summed E-state index contributed by atoms with van der Waals surface area (Å²) in [6.45, 7) is 14.4. The Morgan fingerprint density at radius 2 is 1.71 bits per heavy atom. The molecule has 0 amide bonds. The lowest BCUT2D eigenvalue weighted by atomic mass is 9.87. The van der Waals surface area contributed by atoms with E-state index in [1.54, 1.807) is 7.11 Å². The Balaban J connectivity index is 2.12. The third kappa shape index (κ3) is 6.20. The minimum atomic E-state index is -0.267. The Morgan fingerprint density at radius 3 is 2.29 bits per heavy atom. The summed E-state index contributed by atoms with van der Waals surface area (Å²) in [6.07, 6.45) is 3.10. The highest BCUT2D eigenvalue weighted by Crippen LogP contribution is 2.23. The standard InChI is InChI=1S/C24H38N2O2/c1-23(2,3)21-12-10-20(11-13-21)17-25-14-7-9-22(25)18-26(15-8-16-28-6)24(4,5)19-27/h7,9-14,27H,8,15-19H2,1-6H3. The maximum absolute atomic E-state index is 9.87. The van der Waals surface area contributed by atoms with E-state index in [-0.39, 0.29) is 17.6 Å². The van der Waals surface area contributed by atoms with E-state index in [2.05, 4.69) is 86.7 Å². The van der Waals surface area contributed by atoms with Gasteiger partial charge in [-0.05, 0) is 48.9 Å². The number of hydrogen-bond acceptors (Lipinski definition) is 3. The van der Waals surface area contributed by atoms with Crippen LogP contribution in [0.1, 0.15) is 57.9 Å². The predicted molar refractivity (Wildman–Crippen MR) is 117 cm³/mol. The molecule has 0 atom stereocenters. The van der Waals surface area contributed by atoms with Crippen LogP contribution in [0, 0.1) is 0 Å². The van der Waals surface area contributed by atoms with E-state index in [0.717, 1.165) is 32.7 Å². The fraction of sp³-hybridized carbons (Fsp3) is 0.583. The van der Waals surface area contributed by atoms with Gasteiger partial charge in [-0.25, -0.2) is 0 Å². The number of methoxy groups -OCH3 is 1. The highest BCUT2D eigenvalue weighted by molar-refractivity contribution is 5.28. The molecule has 0 aliphatic carbocycles. The van der Waals surface area contributed by atoms with Gasteiger partial charge in [-0.2, -0.15) is 0 Å². The number of aliphatic hydroxyl groups excluding tert-OH is 1. The Labute approximate surface area is 171 Å². The third-order valence-electron chi connectivity index (χ3n) is 5.47. The molecule has 2 aromatic rings. The van der Waals surface area contributed by atoms with Crippen molar-refractivity contribution in [3.05, 3.63) is 59.4 Å². The van der Waals surface area contributed by atoms with Crippen LogP contribution in [0.15, 0.2) is 42.6 Å². The number of benzene rings is 1. The molecule has 0 saturated carbocycles. The van der Waals surface area contributed by atoms with Gasteiger partial charge >= 0.3 is 0 Å². The van der Waals surface area contributed by atoms with Crippen molar-refractivity contribution < 1.29 is 9.84 Å². The summed E-state index contributed by atoms with van der Waals surface area (Å²) in [5, 5.41) is 9.87. The van der Waals surface area contributed by atoms with Crippen molar-refractivity contribution in [3.8, 4) is 0 Å². The zero-order valence-electron chi connectivity index (χ0n) is 18.5. The molecule has 0 aliphatic rings. The molecule has 1 aromatic heterocycles. The quantitative estimate of drug-likeness (QED) is 0.613. The van der Waals surface area contributed by atoms with E-state index in [0.29, 0.717) is 0 Å². The van der Waals surface area contributed by atoms with Gasteiger partial charge in [0.15, 0.2) is 0 Å². The molecule has 0 fully saturated rings. The first-order chi connectivity index (χ1) is 13.2. The van der Waals surface area contributed by atoms with Crippen molar-refractivity contribution in [1.29, 1.82) is 0 Å². The van der Waals surface area contributed by atoms with Crippen LogP contribution in [0.4, 0.5) is 0 Å². The van der Waals surface area contributed by atoms with Crippen molar-refractivity contribution in [2.45, 2.75) is 65.1 Å². The van der Waals surface area contributed by atoms with Crippen LogP contribution in [0.5, 0.6) is 0 Å². The Morgan fingerprint density at radius 1 is 1.04 bits per heavy atom. The average molecular weight is 387 g/mol. The summed E-state index contributed by atoms with van der Waals surface area (Å²) in [6, 6.07) is 13.2. The normalized spacial score (nSPS) is 12.7. The van der Waals surface area contributed by atoms with Crippen molar-refractivity contribution in [2.24, 2.45) is 0 Å². The molecular formula is C24H38N2O2. The maximum Gasteiger partial charge on any atom is 0.0610 e. The Kier molecular flexibility index (Phi) is 7.87. The molecule has 0 saturated heterocycles. The Bertz CT molecular complexity index is 711. The van der Waals surface area contributed by atoms with Crippen LogP contribution in [-0.2, 0) is 23.2 Å². The van der Waals surface area contributed by atoms with Crippen LogP contribution in [0.3, 0.4) is 0 Å². The highest BCUT2D eigenvalue weighted by atomic mass is 16.5. The summed E-state index contributed by atoms with van der Waals surface area (Å²) in [4.78, 5) is 2.35. The van der Waals surface area contributed by atoms with Crippen molar-refractivity contribution in [2.75, 3.05) is 26.9 Å². The van der Waals surface area contributed by atoms with Crippen LogP contribution in [0.2, 0.25) is 0 Å². The van der Waals surface area contributed by atoms with Gasteiger partial charge in [-0.3, -0.25) is 4.90 Å². The first kappa shape index (κ1) is 22.7. The highest BCUT2D eigenvalue weighted by Gasteiger charge is 2.26. The SMILES string of the molecule is COCCCN(Cc1cccn1Cc1ccc(C(C)(C)C)cc1)C(C)(C)CO. The molecule has 1 N–H and O–H groups in total. The van der Waals surface area contributed by atoms with Gasteiger partial charge in [0, 0.05) is 50.8 Å². The minimum absolute atomic E-state index is 0.134. The van der Waals surface area contributed by atoms with E-state index in [4.69, 9.17) is 4.74 Å². The van der Waals surface area contributed by atoms with Gasteiger partial charge in [0.2, 0.25) is 0 Å². The van der Waals surface area contributed by atoms with Crippen molar-refractivity contribution in [1.82, 2.24) is 9.47 Å². The largest absolute Gasteiger partial charge is 0.394 e. The van der Waals surface area contributed by atoms with E-state index in [1.165, 1.54) is 16.8 Å². The van der Waals surface area contributed by atoms with Gasteiger partial charge < -0.3 is 14.4 Å². The van der Waals surface area contributed by atoms with Crippen molar-refractivity contribution in [3.63, 3.8) is 0 Å². The fourth-order valence-electron chi connectivity index (χ4n) is 3.35. The molecule has 1 aromatic carbocycles. The summed E-state index contributed by atoms with van der Waals surface area (Å²) < 4.78 is 7.52. The molecule has 0 aliphatic heterocycles. The molecule has 156 valence electrons. The first-order valence-corrected chi connectivity index (χ1v) is 10.3. The van der Waals surface area contributed by atoms with Gasteiger partial charge in [0.25, 0.3) is 0 Å². The number of nitrogens with zero attached hydrogens (tertiary/aromatic N) is 2. The summed E-state index contributed by atoms with van der Waals surface area (Å²) in [5.74, 6) is 0. The molecule has 1 heterocycles. The number of ether oxygens (including phenoxy) is 1. The number of rotatable bonds is 10. The first-order valence-electron chi connectivity index (χ1n) is 10.3. The second-order valence-electron chi connectivity index (χ2n) is 9.31. The number of hydrogen-bond donors (Lipinski definition) is 1. The average Bonchev–Trinajstić information content (AvgIpc) is 3.07. The second kappa shape index (κ2) is 9.73. The summed E-state index contributed by atoms with van der Waals surface area (Å²) in [5.41, 5.74) is 3.84. The third-order valence-corrected chi connectivity index (χ3v) is 5.47. The molecule has 28 heavy (non-hydrogen) atoms. The van der Waals surface area contributed by atoms with E-state index in [1.807, 2.05) is 0 Å². The van der Waals surface area contributed by atoms with Gasteiger partial charge in [-0.15, -0.1) is 0 Å². The van der Waals surface area contributed by atoms with Gasteiger partial charge in [0.1, 0.15) is 0 Å². The molecule has 0 spiro atoms. The van der Waals surface area contributed by atoms with E-state index in [9.17, 15) is 5.11 Å². The van der Waals surface area contributed by atoms with Crippen LogP contribution < -0.4 is 0 Å². The number of aliphatic hydroxyl groups is 1. The molecule has 4 nitrogen and oxygen atoms in total. The monoisotopic (exact) mass is 386 g/mol. The lowest BCUT2D eigenvalue weighted by Gasteiger charge is -2.37. The molecule has 0 bridgehead atoms. The van der Waals surface area contributed by atoms with Gasteiger partial charge in [-0.1, -0.05) is 45.0 Å².